The van der Waals surface area contributed by atoms with E-state index in [1.54, 1.807) is 0 Å². The molecule has 12 heavy (non-hydrogen) atoms. The molecule has 0 spiro atoms. The van der Waals surface area contributed by atoms with E-state index in [0.717, 1.165) is 6.04 Å². The summed E-state index contributed by atoms with van der Waals surface area (Å²) < 4.78 is 0. The molecule has 0 aromatic rings. The fourth-order valence-electron chi connectivity index (χ4n) is 1.72. The zero-order valence-electron chi connectivity index (χ0n) is 7.62. The van der Waals surface area contributed by atoms with Crippen molar-refractivity contribution >= 4 is 12.4 Å². The van der Waals surface area contributed by atoms with Crippen molar-refractivity contribution in [2.45, 2.75) is 6.04 Å². The number of hydrogen-bond acceptors (Lipinski definition) is 3. The van der Waals surface area contributed by atoms with Gasteiger partial charge in [0, 0.05) is 45.3 Å². The summed E-state index contributed by atoms with van der Waals surface area (Å²) in [5.41, 5.74) is 0. The van der Waals surface area contributed by atoms with Crippen LogP contribution in [-0.2, 0) is 0 Å². The number of nitrogens with one attached hydrogen (secondary N) is 1. The molecule has 1 N–H and O–H groups in total. The van der Waals surface area contributed by atoms with Crippen LogP contribution < -0.4 is 5.32 Å². The first-order chi connectivity index (χ1) is 5.36. The first-order valence-electron chi connectivity index (χ1n) is 4.49. The van der Waals surface area contributed by atoms with Gasteiger partial charge in [0.15, 0.2) is 0 Å². The molecule has 0 aromatic heterocycles. The summed E-state index contributed by atoms with van der Waals surface area (Å²) in [6.07, 6.45) is 0. The Balaban J connectivity index is 0.000000720. The summed E-state index contributed by atoms with van der Waals surface area (Å²) in [4.78, 5) is 5.01. The third-order valence-corrected chi connectivity index (χ3v) is 2.81. The molecule has 0 aliphatic carbocycles. The normalized spacial score (nSPS) is 27.8. The Hall–Kier alpha value is 0.170. The Labute approximate surface area is 80.5 Å². The molecule has 2 rings (SSSR count). The van der Waals surface area contributed by atoms with Gasteiger partial charge in [-0.05, 0) is 7.05 Å². The van der Waals surface area contributed by atoms with Crippen LogP contribution in [0, 0.1) is 0 Å². The predicted molar refractivity (Wildman–Crippen MR) is 53.0 cm³/mol. The van der Waals surface area contributed by atoms with Gasteiger partial charge < -0.3 is 10.2 Å². The summed E-state index contributed by atoms with van der Waals surface area (Å²) in [6.45, 7) is 7.45. The lowest BCUT2D eigenvalue weighted by molar-refractivity contribution is 0.0844. The lowest BCUT2D eigenvalue weighted by Crippen LogP contribution is -2.61. The van der Waals surface area contributed by atoms with Gasteiger partial charge in [-0.2, -0.15) is 0 Å². The van der Waals surface area contributed by atoms with Crippen LogP contribution in [0.5, 0.6) is 0 Å². The van der Waals surface area contributed by atoms with Crippen LogP contribution in [0.1, 0.15) is 0 Å². The first-order valence-corrected chi connectivity index (χ1v) is 4.49. The number of hydrogen-bond donors (Lipinski definition) is 1. The average molecular weight is 192 g/mol. The van der Waals surface area contributed by atoms with Crippen LogP contribution >= 0.6 is 12.4 Å². The lowest BCUT2D eigenvalue weighted by Gasteiger charge is -2.42. The molecule has 2 aliphatic rings. The average Bonchev–Trinajstić information content (AvgIpc) is 1.90. The zero-order chi connectivity index (χ0) is 7.68. The van der Waals surface area contributed by atoms with E-state index in [4.69, 9.17) is 0 Å². The Kier molecular flexibility index (Phi) is 3.77. The van der Waals surface area contributed by atoms with Crippen molar-refractivity contribution in [2.24, 2.45) is 0 Å². The van der Waals surface area contributed by atoms with Gasteiger partial charge in [-0.15, -0.1) is 12.4 Å². The van der Waals surface area contributed by atoms with E-state index in [0.29, 0.717) is 0 Å². The SMILES string of the molecule is CN1CCN(C2CNC2)CC1.Cl. The third kappa shape index (κ3) is 2.10. The lowest BCUT2D eigenvalue weighted by atomic mass is 10.1. The van der Waals surface area contributed by atoms with E-state index in [1.165, 1.54) is 39.3 Å². The molecule has 0 unspecified atom stereocenters. The van der Waals surface area contributed by atoms with Crippen molar-refractivity contribution in [1.29, 1.82) is 0 Å². The molecule has 3 nitrogen and oxygen atoms in total. The van der Waals surface area contributed by atoms with Gasteiger partial charge in [0.1, 0.15) is 0 Å². The van der Waals surface area contributed by atoms with Crippen molar-refractivity contribution < 1.29 is 0 Å². The van der Waals surface area contributed by atoms with Crippen molar-refractivity contribution in [3.8, 4) is 0 Å². The molecule has 0 aromatic carbocycles. The highest BCUT2D eigenvalue weighted by molar-refractivity contribution is 5.85. The second-order valence-electron chi connectivity index (χ2n) is 3.65. The van der Waals surface area contributed by atoms with Gasteiger partial charge in [-0.1, -0.05) is 0 Å². The van der Waals surface area contributed by atoms with E-state index in [9.17, 15) is 0 Å². The molecule has 2 aliphatic heterocycles. The van der Waals surface area contributed by atoms with E-state index in [2.05, 4.69) is 22.2 Å². The Morgan fingerprint density at radius 2 is 1.67 bits per heavy atom. The van der Waals surface area contributed by atoms with Crippen molar-refractivity contribution in [1.82, 2.24) is 15.1 Å². The molecular weight excluding hydrogens is 174 g/mol. The maximum Gasteiger partial charge on any atom is 0.0346 e. The highest BCUT2D eigenvalue weighted by Gasteiger charge is 2.26. The maximum absolute atomic E-state index is 3.31. The minimum atomic E-state index is 0. The predicted octanol–water partition coefficient (Wildman–Crippen LogP) is -0.373. The molecule has 2 heterocycles. The van der Waals surface area contributed by atoms with Crippen LogP contribution in [0.4, 0.5) is 0 Å². The zero-order valence-corrected chi connectivity index (χ0v) is 8.44. The van der Waals surface area contributed by atoms with E-state index >= 15 is 0 Å². The Morgan fingerprint density at radius 1 is 1.08 bits per heavy atom. The highest BCUT2D eigenvalue weighted by atomic mass is 35.5. The first kappa shape index (κ1) is 10.3. The molecule has 2 fully saturated rings. The van der Waals surface area contributed by atoms with Gasteiger partial charge >= 0.3 is 0 Å². The fraction of sp³-hybridized carbons (Fsp3) is 1.00. The Bertz CT molecular complexity index is 130. The van der Waals surface area contributed by atoms with E-state index in [-0.39, 0.29) is 12.4 Å². The molecule has 0 bridgehead atoms. The minimum absolute atomic E-state index is 0. The fourth-order valence-corrected chi connectivity index (χ4v) is 1.72. The van der Waals surface area contributed by atoms with Gasteiger partial charge in [0.25, 0.3) is 0 Å². The molecule has 0 saturated carbocycles. The summed E-state index contributed by atoms with van der Waals surface area (Å²) in [6, 6.07) is 0.851. The van der Waals surface area contributed by atoms with E-state index < -0.39 is 0 Å². The topological polar surface area (TPSA) is 18.5 Å². The second-order valence-corrected chi connectivity index (χ2v) is 3.65. The van der Waals surface area contributed by atoms with Crippen LogP contribution in [-0.4, -0.2) is 62.2 Å². The van der Waals surface area contributed by atoms with E-state index in [1.807, 2.05) is 0 Å². The van der Waals surface area contributed by atoms with Crippen LogP contribution in [0.3, 0.4) is 0 Å². The summed E-state index contributed by atoms with van der Waals surface area (Å²) >= 11 is 0. The minimum Gasteiger partial charge on any atom is -0.314 e. The molecule has 0 radical (unpaired) electrons. The monoisotopic (exact) mass is 191 g/mol. The van der Waals surface area contributed by atoms with Crippen molar-refractivity contribution in [3.63, 3.8) is 0 Å². The van der Waals surface area contributed by atoms with Gasteiger partial charge in [0.2, 0.25) is 0 Å². The highest BCUT2D eigenvalue weighted by Crippen LogP contribution is 2.07. The van der Waals surface area contributed by atoms with Gasteiger partial charge in [-0.3, -0.25) is 4.90 Å². The van der Waals surface area contributed by atoms with Gasteiger partial charge in [-0.25, -0.2) is 0 Å². The molecule has 0 atom stereocenters. The quantitative estimate of drug-likeness (QED) is 0.610. The summed E-state index contributed by atoms with van der Waals surface area (Å²) in [5, 5.41) is 3.31. The van der Waals surface area contributed by atoms with Crippen LogP contribution in [0.25, 0.3) is 0 Å². The summed E-state index contributed by atoms with van der Waals surface area (Å²) in [7, 11) is 2.20. The number of nitrogens with zero attached hydrogens (tertiary/aromatic N) is 2. The van der Waals surface area contributed by atoms with Gasteiger partial charge in [0.05, 0.1) is 0 Å². The second kappa shape index (κ2) is 4.42. The summed E-state index contributed by atoms with van der Waals surface area (Å²) in [5.74, 6) is 0. The van der Waals surface area contributed by atoms with Crippen molar-refractivity contribution in [3.05, 3.63) is 0 Å². The number of piperazine rings is 1. The van der Waals surface area contributed by atoms with Crippen molar-refractivity contribution in [2.75, 3.05) is 46.3 Å². The Morgan fingerprint density at radius 3 is 2.08 bits per heavy atom. The molecular formula is C8H18ClN3. The number of rotatable bonds is 1. The number of halogens is 1. The largest absolute Gasteiger partial charge is 0.314 e. The smallest absolute Gasteiger partial charge is 0.0346 e. The molecule has 4 heteroatoms. The maximum atomic E-state index is 3.31. The standard InChI is InChI=1S/C8H17N3.ClH/c1-10-2-4-11(5-3-10)8-6-9-7-8;/h8-9H,2-7H2,1H3;1H. The third-order valence-electron chi connectivity index (χ3n) is 2.81. The molecule has 0 amide bonds. The molecule has 72 valence electrons. The van der Waals surface area contributed by atoms with Crippen LogP contribution in [0.15, 0.2) is 0 Å². The number of likely N-dealkylation sites (N-methyl/N-ethyl adjacent to an activating group) is 1. The van der Waals surface area contributed by atoms with Crippen LogP contribution in [0.2, 0.25) is 0 Å². The molecule has 2 saturated heterocycles.